The second-order valence-corrected chi connectivity index (χ2v) is 9.09. The number of hydrogen-bond acceptors (Lipinski definition) is 9. The Kier molecular flexibility index (Phi) is 6.53. The smallest absolute Gasteiger partial charge is 0.231 e. The van der Waals surface area contributed by atoms with Crippen LogP contribution in [0.1, 0.15) is 31.7 Å². The average molecular weight is 499 g/mol. The van der Waals surface area contributed by atoms with E-state index < -0.39 is 0 Å². The van der Waals surface area contributed by atoms with Gasteiger partial charge in [-0.2, -0.15) is 0 Å². The molecule has 0 saturated carbocycles. The summed E-state index contributed by atoms with van der Waals surface area (Å²) in [5, 5.41) is 4.65. The van der Waals surface area contributed by atoms with Crippen LogP contribution in [0.25, 0.3) is 10.9 Å². The van der Waals surface area contributed by atoms with Gasteiger partial charge in [-0.05, 0) is 44.5 Å². The Labute approximate surface area is 208 Å². The minimum absolute atomic E-state index is 0.0671. The summed E-state index contributed by atoms with van der Waals surface area (Å²) in [4.78, 5) is 23.8. The molecule has 2 bridgehead atoms. The van der Waals surface area contributed by atoms with Crippen LogP contribution in [0.2, 0.25) is 5.02 Å². The molecule has 10 heteroatoms. The molecule has 0 spiro atoms. The summed E-state index contributed by atoms with van der Waals surface area (Å²) in [6.45, 7) is 2.93. The molecule has 1 aromatic heterocycles. The highest BCUT2D eigenvalue weighted by Gasteiger charge is 2.28. The van der Waals surface area contributed by atoms with Gasteiger partial charge >= 0.3 is 0 Å². The summed E-state index contributed by atoms with van der Waals surface area (Å²) in [6, 6.07) is 5.27. The zero-order chi connectivity index (χ0) is 24.5. The third kappa shape index (κ3) is 4.53. The lowest BCUT2D eigenvalue weighted by Gasteiger charge is -2.26. The van der Waals surface area contributed by atoms with E-state index in [9.17, 15) is 4.79 Å². The van der Waals surface area contributed by atoms with Gasteiger partial charge < -0.3 is 24.3 Å². The Hall–Kier alpha value is -3.30. The van der Waals surface area contributed by atoms with Crippen molar-refractivity contribution < 1.29 is 23.7 Å². The van der Waals surface area contributed by atoms with Crippen molar-refractivity contribution in [2.45, 2.75) is 38.8 Å². The molecule has 0 radical (unpaired) electrons. The fourth-order valence-corrected chi connectivity index (χ4v) is 4.61. The number of ketones is 1. The van der Waals surface area contributed by atoms with Crippen LogP contribution in [0.3, 0.4) is 0 Å². The third-order valence-corrected chi connectivity index (χ3v) is 6.75. The number of Topliss-reactive ketones (excluding diaryl/α,β-unsaturated/α-hetero) is 1. The fourth-order valence-electron chi connectivity index (χ4n) is 4.34. The lowest BCUT2D eigenvalue weighted by atomic mass is 10.0. The van der Waals surface area contributed by atoms with Crippen LogP contribution in [0.4, 0.5) is 11.5 Å². The standard InChI is InChI=1S/C25H27ClN4O5/c1-14-19(31)6-4-5-7-33-21-9-16-18(10-20(21)32-3)27-12-28-25(16)29-22-15(11-30(14)2)8-17(26)23-24(22)35-13-34-23/h8-10,12,14H,4-7,11,13H2,1-3H3,(H,27,28,29)/t14-/m0/s1. The summed E-state index contributed by atoms with van der Waals surface area (Å²) >= 11 is 6.53. The van der Waals surface area contributed by atoms with Gasteiger partial charge in [-0.15, -0.1) is 0 Å². The van der Waals surface area contributed by atoms with E-state index in [2.05, 4.69) is 15.3 Å². The van der Waals surface area contributed by atoms with Crippen molar-refractivity contribution in [2.75, 3.05) is 32.9 Å². The quantitative estimate of drug-likeness (QED) is 0.511. The topological polar surface area (TPSA) is 95.0 Å². The Morgan fingerprint density at radius 3 is 2.80 bits per heavy atom. The minimum Gasteiger partial charge on any atom is -0.493 e. The molecule has 0 aliphatic carbocycles. The molecule has 0 saturated heterocycles. The van der Waals surface area contributed by atoms with Crippen LogP contribution in [-0.4, -0.2) is 54.3 Å². The Bertz CT molecular complexity index is 1280. The SMILES string of the molecule is COc1cc2ncnc3c2cc1OCCCCC(=O)[C@H](C)N(C)Cc1cc(Cl)c2c(c1N3)OCO2. The van der Waals surface area contributed by atoms with Crippen molar-refractivity contribution in [3.8, 4) is 23.0 Å². The number of nitrogens with one attached hydrogen (secondary N) is 1. The van der Waals surface area contributed by atoms with Crippen LogP contribution in [0.5, 0.6) is 23.0 Å². The number of carbonyl (C=O) groups excluding carboxylic acids is 1. The largest absolute Gasteiger partial charge is 0.493 e. The third-order valence-electron chi connectivity index (χ3n) is 6.46. The van der Waals surface area contributed by atoms with E-state index in [1.807, 2.05) is 37.1 Å². The van der Waals surface area contributed by atoms with Gasteiger partial charge in [0.1, 0.15) is 17.9 Å². The lowest BCUT2D eigenvalue weighted by Crippen LogP contribution is -2.35. The molecule has 0 fully saturated rings. The zero-order valence-electron chi connectivity index (χ0n) is 19.9. The maximum Gasteiger partial charge on any atom is 0.231 e. The molecule has 0 unspecified atom stereocenters. The van der Waals surface area contributed by atoms with E-state index in [4.69, 9.17) is 30.5 Å². The molecule has 2 aliphatic rings. The number of aromatic nitrogens is 2. The van der Waals surface area contributed by atoms with Crippen molar-refractivity contribution in [3.63, 3.8) is 0 Å². The fraction of sp³-hybridized carbons (Fsp3) is 0.400. The number of fused-ring (bicyclic) bond motifs is 4. The average Bonchev–Trinajstić information content (AvgIpc) is 3.35. The van der Waals surface area contributed by atoms with Gasteiger partial charge in [0.25, 0.3) is 0 Å². The molecule has 2 aromatic carbocycles. The molecule has 5 rings (SSSR count). The van der Waals surface area contributed by atoms with Gasteiger partial charge in [0.2, 0.25) is 6.79 Å². The van der Waals surface area contributed by atoms with E-state index in [1.54, 1.807) is 7.11 Å². The number of ether oxygens (including phenoxy) is 4. The van der Waals surface area contributed by atoms with Crippen molar-refractivity contribution in [1.29, 1.82) is 0 Å². The van der Waals surface area contributed by atoms with Gasteiger partial charge in [-0.3, -0.25) is 9.69 Å². The second kappa shape index (κ2) is 9.75. The van der Waals surface area contributed by atoms with Gasteiger partial charge in [0.05, 0.1) is 36.0 Å². The van der Waals surface area contributed by atoms with E-state index in [0.717, 1.165) is 23.8 Å². The van der Waals surface area contributed by atoms with Crippen LogP contribution in [0.15, 0.2) is 24.5 Å². The molecular weight excluding hydrogens is 472 g/mol. The maximum absolute atomic E-state index is 12.8. The molecular formula is C25H27ClN4O5. The number of halogens is 1. The highest BCUT2D eigenvalue weighted by Crippen LogP contribution is 2.48. The van der Waals surface area contributed by atoms with Gasteiger partial charge in [-0.1, -0.05) is 11.6 Å². The Morgan fingerprint density at radius 2 is 1.97 bits per heavy atom. The maximum atomic E-state index is 12.8. The number of anilines is 2. The number of nitrogens with zero attached hydrogens (tertiary/aromatic N) is 3. The molecule has 184 valence electrons. The van der Waals surface area contributed by atoms with Crippen molar-refractivity contribution in [1.82, 2.24) is 14.9 Å². The first-order valence-electron chi connectivity index (χ1n) is 11.5. The molecule has 3 heterocycles. The summed E-state index contributed by atoms with van der Waals surface area (Å²) < 4.78 is 23.0. The number of hydrogen-bond donors (Lipinski definition) is 1. The number of methoxy groups -OCH3 is 1. The predicted molar refractivity (Wildman–Crippen MR) is 132 cm³/mol. The van der Waals surface area contributed by atoms with Gasteiger partial charge in [0, 0.05) is 24.4 Å². The zero-order valence-corrected chi connectivity index (χ0v) is 20.6. The number of carbonyl (C=O) groups is 1. The minimum atomic E-state index is -0.264. The number of likely N-dealkylation sites (N-methyl/N-ethyl adjacent to an activating group) is 1. The lowest BCUT2D eigenvalue weighted by molar-refractivity contribution is -0.123. The van der Waals surface area contributed by atoms with E-state index in [0.29, 0.717) is 64.6 Å². The van der Waals surface area contributed by atoms with Crippen molar-refractivity contribution in [3.05, 3.63) is 35.1 Å². The summed E-state index contributed by atoms with van der Waals surface area (Å²) in [5.74, 6) is 2.91. The first-order valence-corrected chi connectivity index (χ1v) is 11.9. The number of rotatable bonds is 1. The molecule has 35 heavy (non-hydrogen) atoms. The highest BCUT2D eigenvalue weighted by molar-refractivity contribution is 6.32. The van der Waals surface area contributed by atoms with E-state index in [-0.39, 0.29) is 18.6 Å². The highest BCUT2D eigenvalue weighted by atomic mass is 35.5. The molecule has 1 atom stereocenters. The first-order chi connectivity index (χ1) is 17.0. The second-order valence-electron chi connectivity index (χ2n) is 8.69. The van der Waals surface area contributed by atoms with Crippen LogP contribution in [0, 0.1) is 0 Å². The molecule has 9 nitrogen and oxygen atoms in total. The summed E-state index contributed by atoms with van der Waals surface area (Å²) in [7, 11) is 3.52. The van der Waals surface area contributed by atoms with Crippen molar-refractivity contribution in [2.24, 2.45) is 0 Å². The monoisotopic (exact) mass is 498 g/mol. The normalized spacial score (nSPS) is 18.7. The summed E-state index contributed by atoms with van der Waals surface area (Å²) in [5.41, 5.74) is 2.23. The van der Waals surface area contributed by atoms with Crippen LogP contribution >= 0.6 is 11.6 Å². The summed E-state index contributed by atoms with van der Waals surface area (Å²) in [6.07, 6.45) is 3.46. The molecule has 2 aliphatic heterocycles. The van der Waals surface area contributed by atoms with Gasteiger partial charge in [-0.25, -0.2) is 9.97 Å². The Balaban J connectivity index is 1.66. The van der Waals surface area contributed by atoms with Gasteiger partial charge in [0.15, 0.2) is 23.0 Å². The Morgan fingerprint density at radius 1 is 1.14 bits per heavy atom. The molecule has 3 aromatic rings. The van der Waals surface area contributed by atoms with Crippen molar-refractivity contribution >= 4 is 39.8 Å². The van der Waals surface area contributed by atoms with Crippen LogP contribution in [-0.2, 0) is 11.3 Å². The van der Waals surface area contributed by atoms with E-state index >= 15 is 0 Å². The first kappa shape index (κ1) is 23.4. The molecule has 0 amide bonds. The molecule has 1 N–H and O–H groups in total. The number of benzene rings is 2. The predicted octanol–water partition coefficient (Wildman–Crippen LogP) is 4.72. The van der Waals surface area contributed by atoms with E-state index in [1.165, 1.54) is 6.33 Å². The van der Waals surface area contributed by atoms with Crippen LogP contribution < -0.4 is 24.3 Å².